The minimum atomic E-state index is -0.932. The van der Waals surface area contributed by atoms with Gasteiger partial charge in [-0.2, -0.15) is 12.6 Å². The van der Waals surface area contributed by atoms with E-state index in [0.717, 1.165) is 42.4 Å². The molecule has 1 rings (SSSR count). The molecule has 7 nitrogen and oxygen atoms in total. The van der Waals surface area contributed by atoms with Crippen LogP contribution in [0.25, 0.3) is 0 Å². The quantitative estimate of drug-likeness (QED) is 0.344. The molecule has 3 amide bonds. The number of nitrogens with one attached hydrogen (secondary N) is 2. The molecular weight excluding hydrogens is 462 g/mol. The van der Waals surface area contributed by atoms with Gasteiger partial charge in [-0.3, -0.25) is 9.59 Å². The third kappa shape index (κ3) is 10.1. The first-order chi connectivity index (χ1) is 16.3. The number of hydrogen-bond acceptors (Lipinski definition) is 5. The standard InChI is InChI=1S/C27H45N3O4S/c1-9-11-15-30(25(32)22(17-35)29-26(33)34-27(6,7)8)23(24(31)28-20(5)12-10-2)21-16-18(3)13-14-19(21)4/h13-14,16,20,22-23,35H,9-12,15,17H2,1-8H3,(H,28,31)(H,29,33). The van der Waals surface area contributed by atoms with Crippen LogP contribution in [-0.2, 0) is 14.3 Å². The highest BCUT2D eigenvalue weighted by Gasteiger charge is 2.36. The van der Waals surface area contributed by atoms with E-state index in [4.69, 9.17) is 4.74 Å². The van der Waals surface area contributed by atoms with Crippen molar-refractivity contribution in [2.75, 3.05) is 12.3 Å². The molecule has 3 atom stereocenters. The largest absolute Gasteiger partial charge is 0.444 e. The van der Waals surface area contributed by atoms with Crippen LogP contribution in [0.4, 0.5) is 4.79 Å². The molecule has 0 bridgehead atoms. The van der Waals surface area contributed by atoms with Gasteiger partial charge in [-0.25, -0.2) is 4.79 Å². The Morgan fingerprint density at radius 3 is 2.29 bits per heavy atom. The Hall–Kier alpha value is -2.22. The normalized spacial score (nSPS) is 14.0. The van der Waals surface area contributed by atoms with Crippen LogP contribution in [0.3, 0.4) is 0 Å². The summed E-state index contributed by atoms with van der Waals surface area (Å²) < 4.78 is 5.35. The first kappa shape index (κ1) is 30.8. The Bertz CT molecular complexity index is 853. The van der Waals surface area contributed by atoms with Crippen molar-refractivity contribution in [2.45, 2.75) is 105 Å². The fourth-order valence-corrected chi connectivity index (χ4v) is 4.11. The highest BCUT2D eigenvalue weighted by atomic mass is 32.1. The van der Waals surface area contributed by atoms with E-state index < -0.39 is 23.8 Å². The molecule has 2 N–H and O–H groups in total. The number of aryl methyl sites for hydroxylation is 2. The molecule has 0 aliphatic rings. The van der Waals surface area contributed by atoms with Crippen LogP contribution in [0.2, 0.25) is 0 Å². The average molecular weight is 508 g/mol. The minimum Gasteiger partial charge on any atom is -0.444 e. The van der Waals surface area contributed by atoms with E-state index >= 15 is 0 Å². The number of unbranched alkanes of at least 4 members (excludes halogenated alkanes) is 1. The summed E-state index contributed by atoms with van der Waals surface area (Å²) in [6.45, 7) is 15.7. The number of ether oxygens (including phenoxy) is 1. The Kier molecular flexibility index (Phi) is 12.6. The lowest BCUT2D eigenvalue weighted by molar-refractivity contribution is -0.142. The van der Waals surface area contributed by atoms with Crippen molar-refractivity contribution in [3.8, 4) is 0 Å². The summed E-state index contributed by atoms with van der Waals surface area (Å²) >= 11 is 4.34. The van der Waals surface area contributed by atoms with Gasteiger partial charge in [0.1, 0.15) is 17.7 Å². The van der Waals surface area contributed by atoms with Gasteiger partial charge in [0.15, 0.2) is 0 Å². The van der Waals surface area contributed by atoms with Crippen molar-refractivity contribution in [1.29, 1.82) is 0 Å². The zero-order valence-corrected chi connectivity index (χ0v) is 23.6. The minimum absolute atomic E-state index is 0.0243. The Balaban J connectivity index is 3.45. The fraction of sp³-hybridized carbons (Fsp3) is 0.667. The van der Waals surface area contributed by atoms with Crippen molar-refractivity contribution in [3.05, 3.63) is 34.9 Å². The monoisotopic (exact) mass is 507 g/mol. The molecule has 0 aromatic heterocycles. The van der Waals surface area contributed by atoms with Gasteiger partial charge < -0.3 is 20.3 Å². The second-order valence-corrected chi connectivity index (χ2v) is 10.6. The summed E-state index contributed by atoms with van der Waals surface area (Å²) in [6, 6.07) is 4.15. The third-order valence-corrected chi connectivity index (χ3v) is 5.97. The van der Waals surface area contributed by atoms with Gasteiger partial charge in [0.25, 0.3) is 0 Å². The molecule has 0 aliphatic carbocycles. The summed E-state index contributed by atoms with van der Waals surface area (Å²) in [6.07, 6.45) is 2.66. The van der Waals surface area contributed by atoms with E-state index in [-0.39, 0.29) is 23.6 Å². The number of benzene rings is 1. The first-order valence-corrected chi connectivity index (χ1v) is 13.3. The molecule has 0 aliphatic heterocycles. The van der Waals surface area contributed by atoms with E-state index in [2.05, 4.69) is 30.2 Å². The van der Waals surface area contributed by atoms with Crippen LogP contribution in [0.15, 0.2) is 18.2 Å². The van der Waals surface area contributed by atoms with Crippen LogP contribution in [0, 0.1) is 13.8 Å². The maximum atomic E-state index is 13.8. The van der Waals surface area contributed by atoms with Crippen molar-refractivity contribution >= 4 is 30.5 Å². The molecule has 0 fully saturated rings. The van der Waals surface area contributed by atoms with Crippen LogP contribution in [0.5, 0.6) is 0 Å². The summed E-state index contributed by atoms with van der Waals surface area (Å²) in [5, 5.41) is 5.75. The van der Waals surface area contributed by atoms with Gasteiger partial charge in [-0.05, 0) is 65.5 Å². The first-order valence-electron chi connectivity index (χ1n) is 12.6. The Morgan fingerprint density at radius 1 is 1.09 bits per heavy atom. The lowest BCUT2D eigenvalue weighted by Crippen LogP contribution is -2.54. The lowest BCUT2D eigenvalue weighted by Gasteiger charge is -2.35. The van der Waals surface area contributed by atoms with Crippen molar-refractivity contribution in [3.63, 3.8) is 0 Å². The molecule has 0 saturated heterocycles. The number of thiol groups is 1. The summed E-state index contributed by atoms with van der Waals surface area (Å²) in [5.74, 6) is -0.503. The van der Waals surface area contributed by atoms with Gasteiger partial charge in [0, 0.05) is 18.3 Å². The number of rotatable bonds is 12. The summed E-state index contributed by atoms with van der Waals surface area (Å²) in [5.41, 5.74) is 2.01. The van der Waals surface area contributed by atoms with Gasteiger partial charge in [0.05, 0.1) is 0 Å². The van der Waals surface area contributed by atoms with Crippen molar-refractivity contribution in [2.24, 2.45) is 0 Å². The van der Waals surface area contributed by atoms with E-state index in [0.29, 0.717) is 6.54 Å². The van der Waals surface area contributed by atoms with Crippen LogP contribution < -0.4 is 10.6 Å². The Labute approximate surface area is 217 Å². The van der Waals surface area contributed by atoms with Crippen LogP contribution in [-0.4, -0.2) is 52.8 Å². The predicted molar refractivity (Wildman–Crippen MR) is 145 cm³/mol. The third-order valence-electron chi connectivity index (χ3n) is 5.61. The molecule has 3 unspecified atom stereocenters. The van der Waals surface area contributed by atoms with Gasteiger partial charge >= 0.3 is 6.09 Å². The summed E-state index contributed by atoms with van der Waals surface area (Å²) in [4.78, 5) is 41.6. The fourth-order valence-electron chi connectivity index (χ4n) is 3.86. The van der Waals surface area contributed by atoms with E-state index in [1.807, 2.05) is 45.9 Å². The molecule has 0 radical (unpaired) electrons. The van der Waals surface area contributed by atoms with E-state index in [9.17, 15) is 14.4 Å². The highest BCUT2D eigenvalue weighted by Crippen LogP contribution is 2.27. The summed E-state index contributed by atoms with van der Waals surface area (Å²) in [7, 11) is 0. The molecular formula is C27H45N3O4S. The smallest absolute Gasteiger partial charge is 0.408 e. The maximum absolute atomic E-state index is 13.8. The molecule has 1 aromatic carbocycles. The zero-order chi connectivity index (χ0) is 26.8. The van der Waals surface area contributed by atoms with Crippen molar-refractivity contribution in [1.82, 2.24) is 15.5 Å². The van der Waals surface area contributed by atoms with Crippen LogP contribution >= 0.6 is 12.6 Å². The molecule has 198 valence electrons. The molecule has 0 spiro atoms. The number of carbonyl (C=O) groups is 3. The van der Waals surface area contributed by atoms with Gasteiger partial charge in [-0.15, -0.1) is 0 Å². The Morgan fingerprint density at radius 2 is 1.74 bits per heavy atom. The topological polar surface area (TPSA) is 87.7 Å². The maximum Gasteiger partial charge on any atom is 0.408 e. The molecule has 8 heteroatoms. The number of alkyl carbamates (subject to hydrolysis) is 1. The highest BCUT2D eigenvalue weighted by molar-refractivity contribution is 7.80. The second kappa shape index (κ2) is 14.4. The molecule has 0 saturated carbocycles. The number of nitrogens with zero attached hydrogens (tertiary/aromatic N) is 1. The number of amides is 3. The zero-order valence-electron chi connectivity index (χ0n) is 22.7. The average Bonchev–Trinajstić information content (AvgIpc) is 2.75. The molecule has 0 heterocycles. The predicted octanol–water partition coefficient (Wildman–Crippen LogP) is 5.10. The van der Waals surface area contributed by atoms with Gasteiger partial charge in [0.2, 0.25) is 11.8 Å². The molecule has 1 aromatic rings. The lowest BCUT2D eigenvalue weighted by atomic mass is 9.95. The van der Waals surface area contributed by atoms with Gasteiger partial charge in [-0.1, -0.05) is 50.5 Å². The second-order valence-electron chi connectivity index (χ2n) is 10.2. The van der Waals surface area contributed by atoms with Crippen molar-refractivity contribution < 1.29 is 19.1 Å². The number of hydrogen-bond donors (Lipinski definition) is 3. The van der Waals surface area contributed by atoms with Crippen LogP contribution in [0.1, 0.15) is 90.0 Å². The van der Waals surface area contributed by atoms with E-state index in [1.165, 1.54) is 0 Å². The molecule has 35 heavy (non-hydrogen) atoms. The van der Waals surface area contributed by atoms with E-state index in [1.54, 1.807) is 25.7 Å². The SMILES string of the molecule is CCCCN(C(=O)C(CS)NC(=O)OC(C)(C)C)C(C(=O)NC(C)CCC)c1cc(C)ccc1C. The number of carbonyl (C=O) groups excluding carboxylic acids is 3.